The number of ether oxygens (including phenoxy) is 2. The van der Waals surface area contributed by atoms with Crippen molar-refractivity contribution in [3.8, 4) is 11.5 Å². The summed E-state index contributed by atoms with van der Waals surface area (Å²) < 4.78 is 11.6. The van der Waals surface area contributed by atoms with Gasteiger partial charge in [-0.3, -0.25) is 4.79 Å². The average molecular weight is 483 g/mol. The van der Waals surface area contributed by atoms with Gasteiger partial charge < -0.3 is 9.47 Å². The van der Waals surface area contributed by atoms with Crippen molar-refractivity contribution in [2.24, 2.45) is 5.10 Å². The Balaban J connectivity index is 1.50. The number of carbonyl (C=O) groups is 1. The highest BCUT2D eigenvalue weighted by molar-refractivity contribution is 8.00. The maximum atomic E-state index is 13.5. The predicted molar refractivity (Wildman–Crippen MR) is 142 cm³/mol. The second-order valence-electron chi connectivity index (χ2n) is 8.44. The molecule has 3 aromatic rings. The van der Waals surface area contributed by atoms with Crippen molar-refractivity contribution >= 4 is 35.1 Å². The number of nitrogens with zero attached hydrogens (tertiary/aromatic N) is 2. The number of thioether (sulfide) groups is 1. The van der Waals surface area contributed by atoms with E-state index < -0.39 is 0 Å². The van der Waals surface area contributed by atoms with Gasteiger partial charge in [-0.25, -0.2) is 0 Å². The molecule has 5 rings (SSSR count). The number of aryl methyl sites for hydroxylation is 1. The molecule has 0 saturated heterocycles. The number of methoxy groups -OCH3 is 1. The summed E-state index contributed by atoms with van der Waals surface area (Å²) in [5.74, 6) is 1.86. The van der Waals surface area contributed by atoms with Crippen LogP contribution in [0.1, 0.15) is 18.1 Å². The summed E-state index contributed by atoms with van der Waals surface area (Å²) >= 11 is 1.67. The van der Waals surface area contributed by atoms with Crippen molar-refractivity contribution in [3.63, 3.8) is 0 Å². The van der Waals surface area contributed by atoms with E-state index >= 15 is 0 Å². The van der Waals surface area contributed by atoms with Gasteiger partial charge in [-0.15, -0.1) is 11.8 Å². The van der Waals surface area contributed by atoms with Crippen molar-refractivity contribution in [3.05, 3.63) is 101 Å². The second kappa shape index (κ2) is 9.84. The van der Waals surface area contributed by atoms with Crippen LogP contribution in [0.25, 0.3) is 6.08 Å². The van der Waals surface area contributed by atoms with Gasteiger partial charge in [-0.05, 0) is 61.9 Å². The SMILES string of the molecule is COc1cccc2c1OC(C)C(C=C1C(=O)N(c3ccccc3)N=C1CSc1ccc(C)cc1)=C2. The van der Waals surface area contributed by atoms with E-state index in [0.29, 0.717) is 17.1 Å². The first-order chi connectivity index (χ1) is 17.0. The first-order valence-corrected chi connectivity index (χ1v) is 12.5. The minimum absolute atomic E-state index is 0.139. The Morgan fingerprint density at radius 3 is 2.57 bits per heavy atom. The maximum absolute atomic E-state index is 13.5. The Morgan fingerprint density at radius 2 is 1.83 bits per heavy atom. The van der Waals surface area contributed by atoms with Crippen LogP contribution in [-0.4, -0.2) is 30.6 Å². The van der Waals surface area contributed by atoms with Crippen LogP contribution in [0, 0.1) is 6.92 Å². The van der Waals surface area contributed by atoms with Crippen molar-refractivity contribution in [1.82, 2.24) is 0 Å². The second-order valence-corrected chi connectivity index (χ2v) is 9.49. The van der Waals surface area contributed by atoms with E-state index in [4.69, 9.17) is 14.6 Å². The molecule has 0 N–H and O–H groups in total. The minimum atomic E-state index is -0.240. The Labute approximate surface area is 209 Å². The number of hydrogen-bond acceptors (Lipinski definition) is 5. The molecule has 6 heteroatoms. The van der Waals surface area contributed by atoms with Crippen molar-refractivity contribution in [1.29, 1.82) is 0 Å². The summed E-state index contributed by atoms with van der Waals surface area (Å²) in [6.45, 7) is 4.05. The van der Waals surface area contributed by atoms with Crippen LogP contribution in [0.4, 0.5) is 5.69 Å². The highest BCUT2D eigenvalue weighted by Crippen LogP contribution is 2.38. The number of rotatable bonds is 6. The lowest BCUT2D eigenvalue weighted by Crippen LogP contribution is -2.23. The monoisotopic (exact) mass is 482 g/mol. The van der Waals surface area contributed by atoms with Gasteiger partial charge in [-0.2, -0.15) is 10.1 Å². The Bertz CT molecular complexity index is 1340. The van der Waals surface area contributed by atoms with Crippen LogP contribution in [0.5, 0.6) is 11.5 Å². The molecule has 2 heterocycles. The van der Waals surface area contributed by atoms with Crippen LogP contribution < -0.4 is 14.5 Å². The number of hydrogen-bond donors (Lipinski definition) is 0. The lowest BCUT2D eigenvalue weighted by atomic mass is 9.98. The first-order valence-electron chi connectivity index (χ1n) is 11.5. The van der Waals surface area contributed by atoms with Gasteiger partial charge in [0, 0.05) is 16.2 Å². The third kappa shape index (κ3) is 4.75. The standard InChI is InChI=1S/C29H26N2O3S/c1-19-12-14-24(15-13-19)35-18-26-25(29(32)31(30-26)23-9-5-4-6-10-23)17-22-16-21-8-7-11-27(33-3)28(21)34-20(22)2/h4-17,20H,18H2,1-3H3. The Kier molecular flexibility index (Phi) is 6.47. The third-order valence-electron chi connectivity index (χ3n) is 5.98. The normalized spacial score (nSPS) is 18.1. The molecule has 3 aromatic carbocycles. The minimum Gasteiger partial charge on any atom is -0.493 e. The van der Waals surface area contributed by atoms with Gasteiger partial charge in [0.2, 0.25) is 0 Å². The number of carbonyl (C=O) groups excluding carboxylic acids is 1. The fraction of sp³-hybridized carbons (Fsp3) is 0.172. The average Bonchev–Trinajstić information content (AvgIpc) is 3.19. The highest BCUT2D eigenvalue weighted by Gasteiger charge is 2.32. The number of fused-ring (bicyclic) bond motifs is 1. The first kappa shape index (κ1) is 23.0. The summed E-state index contributed by atoms with van der Waals surface area (Å²) in [5.41, 5.74) is 5.13. The van der Waals surface area contributed by atoms with Crippen LogP contribution in [0.3, 0.4) is 0 Å². The van der Waals surface area contributed by atoms with Gasteiger partial charge in [0.25, 0.3) is 5.91 Å². The number of amides is 1. The van der Waals surface area contributed by atoms with Crippen molar-refractivity contribution in [2.45, 2.75) is 24.8 Å². The van der Waals surface area contributed by atoms with E-state index in [1.54, 1.807) is 18.9 Å². The topological polar surface area (TPSA) is 51.1 Å². The van der Waals surface area contributed by atoms with Crippen LogP contribution in [0.15, 0.2) is 100 Å². The van der Waals surface area contributed by atoms with Crippen LogP contribution >= 0.6 is 11.8 Å². The smallest absolute Gasteiger partial charge is 0.280 e. The summed E-state index contributed by atoms with van der Waals surface area (Å²) in [7, 11) is 1.63. The summed E-state index contributed by atoms with van der Waals surface area (Å²) in [6.07, 6.45) is 3.74. The fourth-order valence-electron chi connectivity index (χ4n) is 4.04. The molecule has 0 fully saturated rings. The quantitative estimate of drug-likeness (QED) is 0.306. The van der Waals surface area contributed by atoms with E-state index in [0.717, 1.165) is 33.2 Å². The molecule has 1 atom stereocenters. The molecule has 2 aliphatic rings. The molecular weight excluding hydrogens is 456 g/mol. The van der Waals surface area contributed by atoms with Crippen molar-refractivity contribution in [2.75, 3.05) is 17.9 Å². The number of para-hydroxylation sites is 2. The third-order valence-corrected chi connectivity index (χ3v) is 7.00. The van der Waals surface area contributed by atoms with Gasteiger partial charge in [-0.1, -0.05) is 48.0 Å². The van der Waals surface area contributed by atoms with E-state index in [9.17, 15) is 4.79 Å². The Hall–Kier alpha value is -3.77. The van der Waals surface area contributed by atoms with Gasteiger partial charge in [0.05, 0.1) is 24.1 Å². The van der Waals surface area contributed by atoms with Gasteiger partial charge in [0.1, 0.15) is 6.10 Å². The van der Waals surface area contributed by atoms with Crippen molar-refractivity contribution < 1.29 is 14.3 Å². The molecule has 1 amide bonds. The Morgan fingerprint density at radius 1 is 1.06 bits per heavy atom. The zero-order valence-corrected chi connectivity index (χ0v) is 20.7. The molecule has 2 aliphatic heterocycles. The molecule has 176 valence electrons. The highest BCUT2D eigenvalue weighted by atomic mass is 32.2. The molecule has 0 aromatic heterocycles. The van der Waals surface area contributed by atoms with E-state index in [1.165, 1.54) is 10.6 Å². The van der Waals surface area contributed by atoms with Gasteiger partial charge >= 0.3 is 0 Å². The molecule has 0 aliphatic carbocycles. The van der Waals surface area contributed by atoms with Gasteiger partial charge in [0.15, 0.2) is 11.5 Å². The number of anilines is 1. The molecular formula is C29H26N2O3S. The summed E-state index contributed by atoms with van der Waals surface area (Å²) in [5, 5.41) is 6.23. The number of benzene rings is 3. The maximum Gasteiger partial charge on any atom is 0.280 e. The molecule has 0 spiro atoms. The van der Waals surface area contributed by atoms with Crippen LogP contribution in [0.2, 0.25) is 0 Å². The van der Waals surface area contributed by atoms with E-state index in [-0.39, 0.29) is 12.0 Å². The molecule has 0 saturated carbocycles. The predicted octanol–water partition coefficient (Wildman–Crippen LogP) is 6.29. The lowest BCUT2D eigenvalue weighted by molar-refractivity contribution is -0.114. The summed E-state index contributed by atoms with van der Waals surface area (Å²) in [4.78, 5) is 14.7. The van der Waals surface area contributed by atoms with E-state index in [1.807, 2.05) is 61.5 Å². The molecule has 0 bridgehead atoms. The molecule has 1 unspecified atom stereocenters. The molecule has 35 heavy (non-hydrogen) atoms. The molecule has 0 radical (unpaired) electrons. The zero-order chi connectivity index (χ0) is 24.4. The van der Waals surface area contributed by atoms with E-state index in [2.05, 4.69) is 37.3 Å². The number of hydrazone groups is 1. The lowest BCUT2D eigenvalue weighted by Gasteiger charge is -2.24. The summed E-state index contributed by atoms with van der Waals surface area (Å²) in [6, 6.07) is 23.7. The fourth-order valence-corrected chi connectivity index (χ4v) is 4.89. The zero-order valence-electron chi connectivity index (χ0n) is 19.9. The largest absolute Gasteiger partial charge is 0.493 e. The van der Waals surface area contributed by atoms with Crippen LogP contribution in [-0.2, 0) is 4.79 Å². The molecule has 5 nitrogen and oxygen atoms in total.